The van der Waals surface area contributed by atoms with Gasteiger partial charge in [0.05, 0.1) is 60.9 Å². The maximum absolute atomic E-state index is 6.85. The Morgan fingerprint density at radius 3 is 0.896 bits per heavy atom. The molecule has 1 radical (unpaired) electrons. The Morgan fingerprint density at radius 2 is 0.571 bits per heavy atom. The van der Waals surface area contributed by atoms with E-state index in [0.29, 0.717) is 95.3 Å². The molecule has 2 aliphatic heterocycles. The third-order valence-electron chi connectivity index (χ3n) is 15.0. The summed E-state index contributed by atoms with van der Waals surface area (Å²) in [5.74, 6) is 4.45. The van der Waals surface area contributed by atoms with Gasteiger partial charge in [-0.1, -0.05) is 125 Å². The Balaban J connectivity index is 0.00000596. The first-order chi connectivity index (χ1) is 37.2. The molecule has 13 heteroatoms. The first kappa shape index (κ1) is 49.7. The van der Waals surface area contributed by atoms with Gasteiger partial charge in [0.15, 0.2) is 0 Å². The number of hydrogen-bond donors (Lipinski definition) is 0. The Bertz CT molecular complexity index is 4430. The van der Waals surface area contributed by atoms with Gasteiger partial charge in [-0.25, -0.2) is 9.97 Å². The minimum absolute atomic E-state index is 0. The zero-order chi connectivity index (χ0) is 51.9. The Hall–Kier alpha value is -8.12. The van der Waals surface area contributed by atoms with E-state index in [2.05, 4.69) is 128 Å². The summed E-state index contributed by atoms with van der Waals surface area (Å²) < 4.78 is 27.4. The van der Waals surface area contributed by atoms with Gasteiger partial charge < -0.3 is 48.9 Å². The number of benzene rings is 8. The van der Waals surface area contributed by atoms with Crippen molar-refractivity contribution < 1.29 is 36.0 Å². The maximum atomic E-state index is 6.85. The van der Waals surface area contributed by atoms with Gasteiger partial charge in [-0.2, -0.15) is 0 Å². The summed E-state index contributed by atoms with van der Waals surface area (Å²) in [6.45, 7) is 18.9. The van der Waals surface area contributed by atoms with Gasteiger partial charge in [0, 0.05) is 76.8 Å². The van der Waals surface area contributed by atoms with Crippen molar-refractivity contribution in [2.24, 2.45) is 0 Å². The number of fused-ring (bicyclic) bond motifs is 24. The van der Waals surface area contributed by atoms with Crippen LogP contribution in [0.25, 0.3) is 133 Å². The van der Waals surface area contributed by atoms with Gasteiger partial charge in [-0.3, -0.25) is 0 Å². The van der Waals surface area contributed by atoms with Crippen LogP contribution in [0.5, 0.6) is 23.0 Å². The standard InChI is InChI=1S/C64H56N8O4.Cu/c1-9-29-73-53-41-25-17-13-21-37(41)33(5)45-49(53)61-66-57(45)65-58-46-34(6)38-22-14-18-26-42(38)54(74-30-10-2)50(46)62(67-58)69-60-48-36(8)40-24-16-20-28-44(40)56(76-32-12-4)52(48)64(71-60)72-63-51-47(59(68-61)70-63)35(7)39-23-15-19-27-43(39)55(51)75-31-11-3;/h13-28H,9-12,29-32H2,1-8H3;/q-2;+2. The molecule has 0 spiro atoms. The second-order valence-corrected chi connectivity index (χ2v) is 19.9. The fourth-order valence-corrected chi connectivity index (χ4v) is 11.6. The molecule has 0 amide bonds. The van der Waals surface area contributed by atoms with Gasteiger partial charge >= 0.3 is 17.1 Å². The normalized spacial score (nSPS) is 11.9. The fourth-order valence-electron chi connectivity index (χ4n) is 11.6. The molecule has 0 aliphatic carbocycles. The average Bonchev–Trinajstić information content (AvgIpc) is 4.38. The molecular formula is C64H56CuN8O4. The molecule has 13 rings (SSSR count). The van der Waals surface area contributed by atoms with Gasteiger partial charge in [0.25, 0.3) is 0 Å². The van der Waals surface area contributed by atoms with E-state index in [1.54, 1.807) is 0 Å². The van der Waals surface area contributed by atoms with Crippen LogP contribution < -0.4 is 28.9 Å². The molecule has 0 fully saturated rings. The average molecular weight is 1060 g/mol. The van der Waals surface area contributed by atoms with Crippen LogP contribution in [0.15, 0.2) is 97.1 Å². The van der Waals surface area contributed by atoms with Crippen molar-refractivity contribution in [3.63, 3.8) is 0 Å². The summed E-state index contributed by atoms with van der Waals surface area (Å²) in [7, 11) is 0. The number of aryl methyl sites for hydroxylation is 4. The second kappa shape index (κ2) is 19.8. The van der Waals surface area contributed by atoms with Gasteiger partial charge in [0.2, 0.25) is 0 Å². The molecule has 0 atom stereocenters. The summed E-state index contributed by atoms with van der Waals surface area (Å²) in [6.07, 6.45) is 3.18. The molecule has 5 heterocycles. The zero-order valence-corrected chi connectivity index (χ0v) is 45.3. The molecule has 12 nitrogen and oxygen atoms in total. The Labute approximate surface area is 456 Å². The van der Waals surface area contributed by atoms with Gasteiger partial charge in [0.1, 0.15) is 23.0 Å². The maximum Gasteiger partial charge on any atom is 2.00 e. The largest absolute Gasteiger partial charge is 2.00 e. The molecule has 8 aromatic carbocycles. The van der Waals surface area contributed by atoms with Gasteiger partial charge in [-0.05, 0) is 97.2 Å². The van der Waals surface area contributed by atoms with E-state index < -0.39 is 0 Å². The number of aromatic nitrogens is 8. The van der Waals surface area contributed by atoms with Crippen LogP contribution in [-0.4, -0.2) is 56.3 Å². The van der Waals surface area contributed by atoms with Crippen LogP contribution in [0.2, 0.25) is 0 Å². The van der Waals surface area contributed by atoms with E-state index in [1.807, 2.05) is 24.3 Å². The van der Waals surface area contributed by atoms with Crippen LogP contribution in [0.3, 0.4) is 0 Å². The molecule has 0 N–H and O–H groups in total. The minimum Gasteiger partial charge on any atom is -0.492 e. The molecular weight excluding hydrogens is 1010 g/mol. The molecule has 11 aromatic rings. The van der Waals surface area contributed by atoms with Crippen LogP contribution in [0.4, 0.5) is 0 Å². The zero-order valence-electron chi connectivity index (χ0n) is 44.4. The van der Waals surface area contributed by atoms with E-state index in [9.17, 15) is 0 Å². The predicted molar refractivity (Wildman–Crippen MR) is 306 cm³/mol. The number of hydrogen-bond acceptors (Lipinski definition) is 10. The summed E-state index contributed by atoms with van der Waals surface area (Å²) in [5, 5.41) is 11.0. The summed E-state index contributed by atoms with van der Waals surface area (Å²) in [6, 6.07) is 33.4. The van der Waals surface area contributed by atoms with Crippen LogP contribution in [-0.2, 0) is 17.1 Å². The molecule has 0 unspecified atom stereocenters. The van der Waals surface area contributed by atoms with Crippen LogP contribution >= 0.6 is 0 Å². The molecule has 77 heavy (non-hydrogen) atoms. The van der Waals surface area contributed by atoms with E-state index >= 15 is 0 Å². The SMILES string of the molecule is CCCOc1c2c(c(C)c3ccccc13)-c1nc-2nc2[n-]c(nc3nc(nc4[n-]c(n1)c1c(C)c5ccccc5c(OCCC)c41)-c1c-3c(OCCC)c3ccccc3c1C)c1c(OCCC)c3ccccc3c(C)c21.[Cu+2]. The monoisotopic (exact) mass is 1060 g/mol. The Kier molecular flexibility index (Phi) is 12.8. The van der Waals surface area contributed by atoms with Gasteiger partial charge in [-0.15, -0.1) is 0 Å². The summed E-state index contributed by atoms with van der Waals surface area (Å²) in [5.41, 5.74) is 8.75. The molecule has 387 valence electrons. The molecule has 2 aliphatic rings. The minimum atomic E-state index is 0. The van der Waals surface area contributed by atoms with E-state index in [1.165, 1.54) is 0 Å². The summed E-state index contributed by atoms with van der Waals surface area (Å²) >= 11 is 0. The third kappa shape index (κ3) is 7.68. The van der Waals surface area contributed by atoms with Crippen molar-refractivity contribution in [1.29, 1.82) is 0 Å². The molecule has 8 bridgehead atoms. The van der Waals surface area contributed by atoms with Crippen molar-refractivity contribution in [3.05, 3.63) is 119 Å². The number of rotatable bonds is 12. The van der Waals surface area contributed by atoms with Crippen molar-refractivity contribution in [2.45, 2.75) is 81.1 Å². The fraction of sp³-hybridized carbons (Fsp3) is 0.250. The molecule has 0 saturated heterocycles. The molecule has 3 aromatic heterocycles. The second-order valence-electron chi connectivity index (χ2n) is 19.9. The van der Waals surface area contributed by atoms with E-state index in [4.69, 9.17) is 58.8 Å². The summed E-state index contributed by atoms with van der Waals surface area (Å²) in [4.78, 5) is 44.3. The number of ether oxygens (including phenoxy) is 4. The number of nitrogens with zero attached hydrogens (tertiary/aromatic N) is 8. The van der Waals surface area contributed by atoms with Crippen LogP contribution in [0, 0.1) is 27.7 Å². The van der Waals surface area contributed by atoms with Crippen molar-refractivity contribution in [3.8, 4) is 68.5 Å². The van der Waals surface area contributed by atoms with Crippen LogP contribution in [0.1, 0.15) is 75.6 Å². The Morgan fingerprint density at radius 1 is 0.312 bits per heavy atom. The van der Waals surface area contributed by atoms with Crippen molar-refractivity contribution >= 4 is 87.2 Å². The first-order valence-electron chi connectivity index (χ1n) is 26.7. The van der Waals surface area contributed by atoms with Crippen molar-refractivity contribution in [2.75, 3.05) is 26.4 Å². The van der Waals surface area contributed by atoms with Crippen molar-refractivity contribution in [1.82, 2.24) is 39.9 Å². The molecule has 0 saturated carbocycles. The quantitative estimate of drug-likeness (QED) is 0.107. The smallest absolute Gasteiger partial charge is 0.492 e. The first-order valence-corrected chi connectivity index (χ1v) is 26.7. The predicted octanol–water partition coefficient (Wildman–Crippen LogP) is 15.1. The topological polar surface area (TPSA) is 142 Å². The van der Waals surface area contributed by atoms with E-state index in [0.717, 1.165) is 135 Å². The van der Waals surface area contributed by atoms with E-state index in [-0.39, 0.29) is 17.1 Å². The third-order valence-corrected chi connectivity index (χ3v) is 15.0.